The molecule has 0 atom stereocenters. The van der Waals surface area contributed by atoms with Crippen molar-refractivity contribution in [3.05, 3.63) is 12.4 Å². The van der Waals surface area contributed by atoms with E-state index in [2.05, 4.69) is 5.10 Å². The first-order valence-corrected chi connectivity index (χ1v) is 6.66. The summed E-state index contributed by atoms with van der Waals surface area (Å²) < 4.78 is 25.9. The fourth-order valence-electron chi connectivity index (χ4n) is 1.29. The second kappa shape index (κ2) is 5.80. The van der Waals surface area contributed by atoms with E-state index in [1.54, 1.807) is 0 Å². The second-order valence-electron chi connectivity index (χ2n) is 3.81. The third-order valence-corrected chi connectivity index (χ3v) is 4.01. The summed E-state index contributed by atoms with van der Waals surface area (Å²) >= 11 is 0. The number of primary amides is 1. The topological polar surface area (TPSA) is 136 Å². The van der Waals surface area contributed by atoms with Crippen molar-refractivity contribution in [2.45, 2.75) is 17.9 Å². The number of nitrogens with two attached hydrogens (primary N) is 1. The van der Waals surface area contributed by atoms with E-state index in [0.29, 0.717) is 0 Å². The summed E-state index contributed by atoms with van der Waals surface area (Å²) in [4.78, 5) is 21.0. The largest absolute Gasteiger partial charge is 0.481 e. The van der Waals surface area contributed by atoms with Gasteiger partial charge in [-0.15, -0.1) is 0 Å². The molecule has 0 radical (unpaired) electrons. The number of amides is 1. The lowest BCUT2D eigenvalue weighted by Gasteiger charge is -2.13. The fraction of sp³-hybridized carbons (Fsp3) is 0.444. The summed E-state index contributed by atoms with van der Waals surface area (Å²) in [6.45, 7) is -0.382. The van der Waals surface area contributed by atoms with Crippen LogP contribution < -0.4 is 5.73 Å². The average molecular weight is 290 g/mol. The Labute approximate surface area is 109 Å². The Morgan fingerprint density at radius 1 is 1.53 bits per heavy atom. The number of carboxylic acid groups (broad SMARTS) is 1. The molecule has 0 aromatic carbocycles. The molecule has 0 aliphatic rings. The minimum absolute atomic E-state index is 0.0599. The zero-order chi connectivity index (χ0) is 14.6. The van der Waals surface area contributed by atoms with Crippen LogP contribution in [0, 0.1) is 0 Å². The Hall–Kier alpha value is -1.94. The van der Waals surface area contributed by atoms with Gasteiger partial charge in [-0.2, -0.15) is 9.40 Å². The van der Waals surface area contributed by atoms with Crippen LogP contribution in [-0.2, 0) is 26.2 Å². The number of hydrogen-bond donors (Lipinski definition) is 2. The van der Waals surface area contributed by atoms with Gasteiger partial charge in [-0.3, -0.25) is 14.3 Å². The maximum absolute atomic E-state index is 12.0. The van der Waals surface area contributed by atoms with Gasteiger partial charge in [0.05, 0.1) is 25.7 Å². The van der Waals surface area contributed by atoms with Crippen LogP contribution in [0.5, 0.6) is 0 Å². The Bertz CT molecular complexity index is 579. The van der Waals surface area contributed by atoms with Crippen molar-refractivity contribution >= 4 is 21.9 Å². The molecule has 1 aromatic heterocycles. The summed E-state index contributed by atoms with van der Waals surface area (Å²) in [5, 5.41) is 12.3. The number of aliphatic carboxylic acids is 1. The van der Waals surface area contributed by atoms with Crippen molar-refractivity contribution in [1.29, 1.82) is 0 Å². The van der Waals surface area contributed by atoms with Gasteiger partial charge in [0.15, 0.2) is 0 Å². The van der Waals surface area contributed by atoms with E-state index >= 15 is 0 Å². The molecule has 9 nitrogen and oxygen atoms in total. The van der Waals surface area contributed by atoms with Gasteiger partial charge in [-0.25, -0.2) is 8.42 Å². The van der Waals surface area contributed by atoms with E-state index in [-0.39, 0.29) is 17.9 Å². The first-order chi connectivity index (χ1) is 8.73. The number of carbonyl (C=O) groups is 2. The maximum Gasteiger partial charge on any atom is 0.305 e. The van der Waals surface area contributed by atoms with Crippen LogP contribution in [0.1, 0.15) is 6.42 Å². The minimum Gasteiger partial charge on any atom is -0.481 e. The number of nitrogens with zero attached hydrogens (tertiary/aromatic N) is 3. The normalized spacial score (nSPS) is 11.7. The standard InChI is InChI=1S/C9H14N4O5S/c1-12(6-8(10)14)19(17,18)7-4-11-13(5-7)3-2-9(15)16/h4-5H,2-3,6H2,1H3,(H2,10,14)(H,15,16). The summed E-state index contributed by atoms with van der Waals surface area (Å²) in [5.41, 5.74) is 4.92. The number of aryl methyl sites for hydroxylation is 1. The highest BCUT2D eigenvalue weighted by molar-refractivity contribution is 7.89. The summed E-state index contributed by atoms with van der Waals surface area (Å²) in [7, 11) is -2.63. The Morgan fingerprint density at radius 3 is 2.68 bits per heavy atom. The first kappa shape index (κ1) is 15.1. The van der Waals surface area contributed by atoms with Crippen LogP contribution in [-0.4, -0.2) is 53.1 Å². The zero-order valence-corrected chi connectivity index (χ0v) is 11.0. The van der Waals surface area contributed by atoms with Crippen molar-refractivity contribution in [3.63, 3.8) is 0 Å². The molecule has 0 spiro atoms. The van der Waals surface area contributed by atoms with E-state index in [1.807, 2.05) is 0 Å². The molecule has 0 saturated carbocycles. The number of likely N-dealkylation sites (N-methyl/N-ethyl adjacent to an activating group) is 1. The quantitative estimate of drug-likeness (QED) is 0.625. The predicted molar refractivity (Wildman–Crippen MR) is 63.5 cm³/mol. The van der Waals surface area contributed by atoms with E-state index in [9.17, 15) is 18.0 Å². The number of carboxylic acids is 1. The van der Waals surface area contributed by atoms with Crippen LogP contribution in [0.4, 0.5) is 0 Å². The lowest BCUT2D eigenvalue weighted by Crippen LogP contribution is -2.35. The summed E-state index contributed by atoms with van der Waals surface area (Å²) in [6, 6.07) is 0. The van der Waals surface area contributed by atoms with Crippen LogP contribution in [0.2, 0.25) is 0 Å². The molecular weight excluding hydrogens is 276 g/mol. The number of sulfonamides is 1. The SMILES string of the molecule is CN(CC(N)=O)S(=O)(=O)c1cnn(CCC(=O)O)c1. The van der Waals surface area contributed by atoms with Crippen molar-refractivity contribution in [1.82, 2.24) is 14.1 Å². The Morgan fingerprint density at radius 2 is 2.16 bits per heavy atom. The molecular formula is C9H14N4O5S. The molecule has 1 amide bonds. The van der Waals surface area contributed by atoms with E-state index < -0.39 is 28.4 Å². The molecule has 0 bridgehead atoms. The van der Waals surface area contributed by atoms with Gasteiger partial charge < -0.3 is 10.8 Å². The second-order valence-corrected chi connectivity index (χ2v) is 5.86. The van der Waals surface area contributed by atoms with Crippen molar-refractivity contribution in [2.75, 3.05) is 13.6 Å². The molecule has 0 fully saturated rings. The van der Waals surface area contributed by atoms with Gasteiger partial charge >= 0.3 is 5.97 Å². The molecule has 10 heteroatoms. The molecule has 0 aliphatic carbocycles. The van der Waals surface area contributed by atoms with Gasteiger partial charge in [0.1, 0.15) is 4.90 Å². The molecule has 0 unspecified atom stereocenters. The van der Waals surface area contributed by atoms with Gasteiger partial charge in [0.25, 0.3) is 0 Å². The highest BCUT2D eigenvalue weighted by Gasteiger charge is 2.23. The maximum atomic E-state index is 12.0. The average Bonchev–Trinajstić information content (AvgIpc) is 2.74. The van der Waals surface area contributed by atoms with Crippen LogP contribution in [0.3, 0.4) is 0 Å². The molecule has 0 aliphatic heterocycles. The van der Waals surface area contributed by atoms with Crippen molar-refractivity contribution in [3.8, 4) is 0 Å². The summed E-state index contributed by atoms with van der Waals surface area (Å²) in [5.74, 6) is -1.78. The molecule has 1 heterocycles. The number of carbonyl (C=O) groups excluding carboxylic acids is 1. The van der Waals surface area contributed by atoms with Gasteiger partial charge in [0, 0.05) is 13.2 Å². The van der Waals surface area contributed by atoms with E-state index in [0.717, 1.165) is 10.5 Å². The lowest BCUT2D eigenvalue weighted by molar-refractivity contribution is -0.137. The number of hydrogen-bond acceptors (Lipinski definition) is 5. The first-order valence-electron chi connectivity index (χ1n) is 5.22. The highest BCUT2D eigenvalue weighted by atomic mass is 32.2. The lowest BCUT2D eigenvalue weighted by atomic mass is 10.4. The zero-order valence-electron chi connectivity index (χ0n) is 10.2. The van der Waals surface area contributed by atoms with Crippen LogP contribution in [0.15, 0.2) is 17.3 Å². The molecule has 106 valence electrons. The Balaban J connectivity index is 2.85. The van der Waals surface area contributed by atoms with Gasteiger partial charge in [-0.1, -0.05) is 0 Å². The molecule has 19 heavy (non-hydrogen) atoms. The fourth-order valence-corrected chi connectivity index (χ4v) is 2.39. The third kappa shape index (κ3) is 4.03. The van der Waals surface area contributed by atoms with E-state index in [1.165, 1.54) is 17.9 Å². The molecule has 1 aromatic rings. The van der Waals surface area contributed by atoms with Crippen molar-refractivity contribution < 1.29 is 23.1 Å². The molecule has 3 N–H and O–H groups in total. The van der Waals surface area contributed by atoms with E-state index in [4.69, 9.17) is 10.8 Å². The van der Waals surface area contributed by atoms with Crippen molar-refractivity contribution in [2.24, 2.45) is 5.73 Å². The number of aromatic nitrogens is 2. The van der Waals surface area contributed by atoms with Gasteiger partial charge in [0.2, 0.25) is 15.9 Å². The van der Waals surface area contributed by atoms with Crippen LogP contribution >= 0.6 is 0 Å². The summed E-state index contributed by atoms with van der Waals surface area (Å²) in [6.07, 6.45) is 2.13. The highest BCUT2D eigenvalue weighted by Crippen LogP contribution is 2.12. The van der Waals surface area contributed by atoms with Gasteiger partial charge in [-0.05, 0) is 0 Å². The Kier molecular flexibility index (Phi) is 4.62. The third-order valence-electron chi connectivity index (χ3n) is 2.25. The monoisotopic (exact) mass is 290 g/mol. The predicted octanol–water partition coefficient (Wildman–Crippen LogP) is -1.54. The molecule has 1 rings (SSSR count). The van der Waals surface area contributed by atoms with Crippen LogP contribution in [0.25, 0.3) is 0 Å². The minimum atomic E-state index is -3.85. The smallest absolute Gasteiger partial charge is 0.305 e. The molecule has 0 saturated heterocycles. The number of rotatable bonds is 7.